The summed E-state index contributed by atoms with van der Waals surface area (Å²) >= 11 is 8.18. The number of halogens is 2. The highest BCUT2D eigenvalue weighted by Crippen LogP contribution is 2.19. The van der Waals surface area contributed by atoms with Crippen LogP contribution in [0.1, 0.15) is 10.4 Å². The van der Waals surface area contributed by atoms with Gasteiger partial charge in [0.15, 0.2) is 0 Å². The summed E-state index contributed by atoms with van der Waals surface area (Å²) in [6.45, 7) is 5.91. The molecular weight excluding hydrogens is 389 g/mol. The van der Waals surface area contributed by atoms with E-state index in [1.54, 1.807) is 12.1 Å². The molecule has 1 aromatic rings. The zero-order valence-corrected chi connectivity index (χ0v) is 14.4. The van der Waals surface area contributed by atoms with Crippen molar-refractivity contribution in [1.29, 1.82) is 0 Å². The summed E-state index contributed by atoms with van der Waals surface area (Å²) in [6, 6.07) is 5.38. The third-order valence-electron chi connectivity index (χ3n) is 3.49. The van der Waals surface area contributed by atoms with Crippen molar-refractivity contribution >= 4 is 40.1 Å². The van der Waals surface area contributed by atoms with Crippen molar-refractivity contribution in [2.45, 2.75) is 0 Å². The molecule has 4 nitrogen and oxygen atoms in total. The quantitative estimate of drug-likeness (QED) is 0.775. The second kappa shape index (κ2) is 7.59. The number of rotatable bonds is 4. The maximum atomic E-state index is 12.0. The molecule has 0 aliphatic carbocycles. The molecule has 0 aromatic heterocycles. The van der Waals surface area contributed by atoms with Crippen molar-refractivity contribution in [3.05, 3.63) is 32.4 Å². The van der Waals surface area contributed by atoms with Crippen LogP contribution in [0, 0.1) is 3.57 Å². The fourth-order valence-electron chi connectivity index (χ4n) is 2.14. The van der Waals surface area contributed by atoms with Crippen LogP contribution in [-0.4, -0.2) is 62.0 Å². The van der Waals surface area contributed by atoms with Gasteiger partial charge in [0, 0.05) is 48.4 Å². The minimum absolute atomic E-state index is 0.0579. The number of hydrogen-bond acceptors (Lipinski definition) is 3. The second-order valence-corrected chi connectivity index (χ2v) is 6.60. The van der Waals surface area contributed by atoms with E-state index in [9.17, 15) is 4.79 Å². The van der Waals surface area contributed by atoms with E-state index >= 15 is 0 Å². The normalized spacial score (nSPS) is 17.1. The Bertz CT molecular complexity index is 475. The van der Waals surface area contributed by atoms with Crippen LogP contribution in [0.5, 0.6) is 0 Å². The van der Waals surface area contributed by atoms with Crippen LogP contribution in [0.15, 0.2) is 18.2 Å². The van der Waals surface area contributed by atoms with Crippen molar-refractivity contribution in [2.75, 3.05) is 46.3 Å². The van der Waals surface area contributed by atoms with E-state index in [0.29, 0.717) is 17.1 Å². The first-order chi connectivity index (χ1) is 9.56. The zero-order valence-electron chi connectivity index (χ0n) is 11.5. The van der Waals surface area contributed by atoms with Crippen LogP contribution >= 0.6 is 34.2 Å². The molecule has 0 spiro atoms. The largest absolute Gasteiger partial charge is 0.351 e. The number of benzene rings is 1. The summed E-state index contributed by atoms with van der Waals surface area (Å²) in [6.07, 6.45) is 0. The zero-order chi connectivity index (χ0) is 14.5. The molecule has 1 N–H and O–H groups in total. The third-order valence-corrected chi connectivity index (χ3v) is 5.06. The molecule has 0 unspecified atom stereocenters. The van der Waals surface area contributed by atoms with Gasteiger partial charge in [-0.05, 0) is 47.8 Å². The van der Waals surface area contributed by atoms with E-state index in [0.717, 1.165) is 36.3 Å². The highest BCUT2D eigenvalue weighted by Gasteiger charge is 2.13. The van der Waals surface area contributed by atoms with Gasteiger partial charge in [0.1, 0.15) is 0 Å². The van der Waals surface area contributed by atoms with E-state index in [1.165, 1.54) is 0 Å². The molecule has 1 saturated heterocycles. The van der Waals surface area contributed by atoms with Gasteiger partial charge in [0.05, 0.1) is 5.02 Å². The Morgan fingerprint density at radius 3 is 2.70 bits per heavy atom. The first kappa shape index (κ1) is 16.0. The predicted molar refractivity (Wildman–Crippen MR) is 90.4 cm³/mol. The van der Waals surface area contributed by atoms with Crippen molar-refractivity contribution in [1.82, 2.24) is 15.1 Å². The van der Waals surface area contributed by atoms with Gasteiger partial charge in [0.25, 0.3) is 5.91 Å². The molecule has 0 bridgehead atoms. The Labute approximate surface area is 138 Å². The third kappa shape index (κ3) is 4.58. The van der Waals surface area contributed by atoms with Crippen LogP contribution in [0.4, 0.5) is 0 Å². The molecule has 0 radical (unpaired) electrons. The summed E-state index contributed by atoms with van der Waals surface area (Å²) in [5, 5.41) is 3.57. The lowest BCUT2D eigenvalue weighted by Crippen LogP contribution is -2.46. The molecular formula is C14H19ClIN3O. The Morgan fingerprint density at radius 1 is 1.35 bits per heavy atom. The first-order valence-electron chi connectivity index (χ1n) is 6.70. The maximum Gasteiger partial charge on any atom is 0.251 e. The summed E-state index contributed by atoms with van der Waals surface area (Å²) in [4.78, 5) is 16.7. The Hall–Kier alpha value is -0.370. The lowest BCUT2D eigenvalue weighted by atomic mass is 10.2. The van der Waals surface area contributed by atoms with E-state index < -0.39 is 0 Å². The summed E-state index contributed by atoms with van der Waals surface area (Å²) in [5.41, 5.74) is 0.619. The molecule has 0 atom stereocenters. The number of carbonyl (C=O) groups excluding carboxylic acids is 1. The molecule has 6 heteroatoms. The lowest BCUT2D eigenvalue weighted by Gasteiger charge is -2.32. The molecule has 1 aliphatic heterocycles. The predicted octanol–water partition coefficient (Wildman–Crippen LogP) is 1.92. The monoisotopic (exact) mass is 407 g/mol. The number of nitrogens with one attached hydrogen (secondary N) is 1. The van der Waals surface area contributed by atoms with Crippen molar-refractivity contribution < 1.29 is 4.79 Å². The first-order valence-corrected chi connectivity index (χ1v) is 8.16. The van der Waals surface area contributed by atoms with Crippen molar-refractivity contribution in [3.8, 4) is 0 Å². The Morgan fingerprint density at radius 2 is 2.05 bits per heavy atom. The average Bonchev–Trinajstić information content (AvgIpc) is 2.44. The molecule has 1 aromatic carbocycles. The highest BCUT2D eigenvalue weighted by atomic mass is 127. The number of amides is 1. The van der Waals surface area contributed by atoms with Gasteiger partial charge in [-0.3, -0.25) is 9.69 Å². The molecule has 1 aliphatic rings. The minimum Gasteiger partial charge on any atom is -0.351 e. The van der Waals surface area contributed by atoms with Gasteiger partial charge in [-0.1, -0.05) is 11.6 Å². The van der Waals surface area contributed by atoms with E-state index in [-0.39, 0.29) is 5.91 Å². The molecule has 1 amide bonds. The van der Waals surface area contributed by atoms with Gasteiger partial charge >= 0.3 is 0 Å². The van der Waals surface area contributed by atoms with Gasteiger partial charge in [-0.2, -0.15) is 0 Å². The molecule has 1 fully saturated rings. The highest BCUT2D eigenvalue weighted by molar-refractivity contribution is 14.1. The summed E-state index contributed by atoms with van der Waals surface area (Å²) < 4.78 is 0.957. The summed E-state index contributed by atoms with van der Waals surface area (Å²) in [7, 11) is 2.14. The van der Waals surface area contributed by atoms with Crippen molar-refractivity contribution in [3.63, 3.8) is 0 Å². The summed E-state index contributed by atoms with van der Waals surface area (Å²) in [5.74, 6) is -0.0579. The van der Waals surface area contributed by atoms with Gasteiger partial charge in [-0.25, -0.2) is 0 Å². The van der Waals surface area contributed by atoms with Gasteiger partial charge in [-0.15, -0.1) is 0 Å². The fraction of sp³-hybridized carbons (Fsp3) is 0.500. The lowest BCUT2D eigenvalue weighted by molar-refractivity contribution is 0.0941. The molecule has 20 heavy (non-hydrogen) atoms. The van der Waals surface area contributed by atoms with Crippen LogP contribution in [0.25, 0.3) is 0 Å². The van der Waals surface area contributed by atoms with Crippen LogP contribution in [0.2, 0.25) is 5.02 Å². The Kier molecular flexibility index (Phi) is 6.07. The minimum atomic E-state index is -0.0579. The number of piperazine rings is 1. The smallest absolute Gasteiger partial charge is 0.251 e. The second-order valence-electron chi connectivity index (χ2n) is 5.03. The van der Waals surface area contributed by atoms with E-state index in [4.69, 9.17) is 11.6 Å². The topological polar surface area (TPSA) is 35.6 Å². The number of hydrogen-bond donors (Lipinski definition) is 1. The Balaban J connectivity index is 1.76. The molecule has 110 valence electrons. The maximum absolute atomic E-state index is 12.0. The average molecular weight is 408 g/mol. The van der Waals surface area contributed by atoms with Gasteiger partial charge < -0.3 is 10.2 Å². The standard InChI is InChI=1S/C14H19ClIN3O/c1-18-6-8-19(9-7-18)5-4-17-14(20)11-2-3-13(16)12(15)10-11/h2-3,10H,4-9H2,1H3,(H,17,20). The van der Waals surface area contributed by atoms with Crippen LogP contribution in [-0.2, 0) is 0 Å². The molecule has 2 rings (SSSR count). The number of carbonyl (C=O) groups is 1. The van der Waals surface area contributed by atoms with Gasteiger partial charge in [0.2, 0.25) is 0 Å². The van der Waals surface area contributed by atoms with Crippen molar-refractivity contribution in [2.24, 2.45) is 0 Å². The molecule has 0 saturated carbocycles. The van der Waals surface area contributed by atoms with Crippen LogP contribution < -0.4 is 5.32 Å². The fourth-order valence-corrected chi connectivity index (χ4v) is 2.65. The van der Waals surface area contributed by atoms with Crippen LogP contribution in [0.3, 0.4) is 0 Å². The van der Waals surface area contributed by atoms with E-state index in [2.05, 4.69) is 44.8 Å². The SMILES string of the molecule is CN1CCN(CCNC(=O)c2ccc(I)c(Cl)c2)CC1. The number of likely N-dealkylation sites (N-methyl/N-ethyl adjacent to an activating group) is 1. The molecule has 1 heterocycles. The van der Waals surface area contributed by atoms with E-state index in [1.807, 2.05) is 6.07 Å². The number of nitrogens with zero attached hydrogens (tertiary/aromatic N) is 2.